The number of aryl methyl sites for hydroxylation is 2. The topological polar surface area (TPSA) is 101 Å². The number of halogens is 6. The Hall–Kier alpha value is -4.59. The molecule has 3 heterocycles. The van der Waals surface area contributed by atoms with Crippen molar-refractivity contribution < 1.29 is 36.6 Å². The normalized spacial score (nSPS) is 15.0. The van der Waals surface area contributed by atoms with Gasteiger partial charge in [0.25, 0.3) is 0 Å². The van der Waals surface area contributed by atoms with Crippen molar-refractivity contribution in [1.82, 2.24) is 19.3 Å². The van der Waals surface area contributed by atoms with Crippen molar-refractivity contribution in [1.29, 1.82) is 0 Å². The molecule has 0 spiro atoms. The smallest absolute Gasteiger partial charge is 0.394 e. The quantitative estimate of drug-likeness (QED) is 0.0824. The second-order valence-electron chi connectivity index (χ2n) is 12.5. The van der Waals surface area contributed by atoms with Crippen molar-refractivity contribution in [3.8, 4) is 11.1 Å². The number of hydrogen-bond donors (Lipinski definition) is 3. The van der Waals surface area contributed by atoms with E-state index in [2.05, 4.69) is 15.6 Å². The minimum absolute atomic E-state index is 0.0377. The van der Waals surface area contributed by atoms with Crippen LogP contribution in [0.3, 0.4) is 0 Å². The molecule has 262 valence electrons. The number of carbonyl (C=O) groups excluding carboxylic acids is 2. The maximum absolute atomic E-state index is 15.2. The number of ketones is 1. The molecule has 2 aromatic carbocycles. The van der Waals surface area contributed by atoms with Crippen molar-refractivity contribution >= 4 is 45.5 Å². The number of imidazole rings is 1. The van der Waals surface area contributed by atoms with Gasteiger partial charge in [0.1, 0.15) is 28.7 Å². The van der Waals surface area contributed by atoms with Gasteiger partial charge in [0.15, 0.2) is 0 Å². The van der Waals surface area contributed by atoms with E-state index in [0.717, 1.165) is 56.4 Å². The SMILES string of the molecule is Cc1nc2c(Cl)c(-c3cccn4c(C(=O)c5cc(F)c(NC(=O)/C=C/CNC6(CO)CCCCC6)c(F)c5)ccc34)c(C(F)(F)F)cc2n1C. The third-order valence-corrected chi connectivity index (χ3v) is 9.74. The summed E-state index contributed by atoms with van der Waals surface area (Å²) in [5, 5.41) is 15.0. The number of nitrogens with one attached hydrogen (secondary N) is 2. The monoisotopic (exact) mass is 713 g/mol. The summed E-state index contributed by atoms with van der Waals surface area (Å²) in [5.74, 6) is -3.55. The molecule has 0 aliphatic heterocycles. The van der Waals surface area contributed by atoms with Crippen molar-refractivity contribution in [2.45, 2.75) is 50.7 Å². The summed E-state index contributed by atoms with van der Waals surface area (Å²) in [6.07, 6.45) is 3.93. The lowest BCUT2D eigenvalue weighted by Gasteiger charge is -2.36. The van der Waals surface area contributed by atoms with Gasteiger partial charge in [0.2, 0.25) is 11.7 Å². The Morgan fingerprint density at radius 3 is 2.42 bits per heavy atom. The van der Waals surface area contributed by atoms with E-state index in [4.69, 9.17) is 11.6 Å². The van der Waals surface area contributed by atoms with Crippen LogP contribution in [0.5, 0.6) is 0 Å². The highest BCUT2D eigenvalue weighted by atomic mass is 35.5. The van der Waals surface area contributed by atoms with E-state index >= 15 is 8.78 Å². The van der Waals surface area contributed by atoms with Gasteiger partial charge in [-0.25, -0.2) is 13.8 Å². The van der Waals surface area contributed by atoms with Gasteiger partial charge >= 0.3 is 6.18 Å². The van der Waals surface area contributed by atoms with E-state index in [1.165, 1.54) is 45.5 Å². The molecule has 6 rings (SSSR count). The highest BCUT2D eigenvalue weighted by Crippen LogP contribution is 2.46. The van der Waals surface area contributed by atoms with E-state index in [0.29, 0.717) is 5.82 Å². The fourth-order valence-electron chi connectivity index (χ4n) is 6.62. The summed E-state index contributed by atoms with van der Waals surface area (Å²) >= 11 is 6.62. The molecule has 1 amide bonds. The van der Waals surface area contributed by atoms with E-state index in [9.17, 15) is 27.9 Å². The predicted molar refractivity (Wildman–Crippen MR) is 180 cm³/mol. The Morgan fingerprint density at radius 2 is 1.76 bits per heavy atom. The number of aromatic nitrogens is 3. The second kappa shape index (κ2) is 13.6. The molecule has 1 fully saturated rings. The fraction of sp³-hybridized carbons (Fsp3) is 0.306. The van der Waals surface area contributed by atoms with Crippen LogP contribution in [0, 0.1) is 18.6 Å². The number of hydrogen-bond acceptors (Lipinski definition) is 5. The third-order valence-electron chi connectivity index (χ3n) is 9.37. The number of anilines is 1. The average molecular weight is 714 g/mol. The Morgan fingerprint density at radius 1 is 1.06 bits per heavy atom. The van der Waals surface area contributed by atoms with Gasteiger partial charge in [-0.1, -0.05) is 43.0 Å². The first-order valence-electron chi connectivity index (χ1n) is 15.9. The first kappa shape index (κ1) is 35.2. The molecular formula is C36H33ClF5N5O3. The van der Waals surface area contributed by atoms with Crippen molar-refractivity contribution in [2.24, 2.45) is 7.05 Å². The van der Waals surface area contributed by atoms with E-state index < -0.39 is 46.3 Å². The van der Waals surface area contributed by atoms with Crippen LogP contribution in [0.15, 0.2) is 60.8 Å². The molecule has 8 nitrogen and oxygen atoms in total. The minimum atomic E-state index is -4.79. The molecule has 3 N–H and O–H groups in total. The molecule has 3 aromatic heterocycles. The molecule has 50 heavy (non-hydrogen) atoms. The largest absolute Gasteiger partial charge is 0.417 e. The highest BCUT2D eigenvalue weighted by molar-refractivity contribution is 6.38. The summed E-state index contributed by atoms with van der Waals surface area (Å²) in [6, 6.07) is 8.17. The molecule has 1 aliphatic rings. The lowest BCUT2D eigenvalue weighted by atomic mass is 9.82. The van der Waals surface area contributed by atoms with Gasteiger partial charge < -0.3 is 24.7 Å². The molecule has 0 atom stereocenters. The Kier molecular flexibility index (Phi) is 9.59. The number of fused-ring (bicyclic) bond motifs is 2. The Labute approximate surface area is 288 Å². The number of rotatable bonds is 9. The number of aliphatic hydroxyl groups is 1. The average Bonchev–Trinajstić information content (AvgIpc) is 3.65. The highest BCUT2D eigenvalue weighted by Gasteiger charge is 2.37. The molecule has 0 radical (unpaired) electrons. The maximum Gasteiger partial charge on any atom is 0.417 e. The van der Waals surface area contributed by atoms with Crippen LogP contribution >= 0.6 is 11.6 Å². The van der Waals surface area contributed by atoms with Gasteiger partial charge in [-0.15, -0.1) is 0 Å². The van der Waals surface area contributed by atoms with Crippen molar-refractivity contribution in [2.75, 3.05) is 18.5 Å². The van der Waals surface area contributed by atoms with Crippen LogP contribution in [0.25, 0.3) is 27.7 Å². The summed E-state index contributed by atoms with van der Waals surface area (Å²) in [5.41, 5.74) is -2.31. The first-order chi connectivity index (χ1) is 23.7. The second-order valence-corrected chi connectivity index (χ2v) is 12.9. The molecule has 14 heteroatoms. The molecule has 0 saturated heterocycles. The maximum atomic E-state index is 15.2. The predicted octanol–water partition coefficient (Wildman–Crippen LogP) is 7.76. The molecule has 1 aliphatic carbocycles. The summed E-state index contributed by atoms with van der Waals surface area (Å²) < 4.78 is 76.4. The summed E-state index contributed by atoms with van der Waals surface area (Å²) in [4.78, 5) is 30.4. The van der Waals surface area contributed by atoms with Gasteiger partial charge in [0, 0.05) is 48.1 Å². The first-order valence-corrected chi connectivity index (χ1v) is 16.3. The van der Waals surface area contributed by atoms with Crippen molar-refractivity contribution in [3.05, 3.63) is 100 Å². The summed E-state index contributed by atoms with van der Waals surface area (Å²) in [6.45, 7) is 1.87. The Balaban J connectivity index is 1.26. The zero-order chi connectivity index (χ0) is 36.0. The van der Waals surface area contributed by atoms with Crippen LogP contribution in [-0.2, 0) is 18.0 Å². The van der Waals surface area contributed by atoms with Gasteiger partial charge in [0.05, 0.1) is 33.9 Å². The molecule has 5 aromatic rings. The molecule has 1 saturated carbocycles. The minimum Gasteiger partial charge on any atom is -0.394 e. The fourth-order valence-corrected chi connectivity index (χ4v) is 6.96. The van der Waals surface area contributed by atoms with Crippen LogP contribution in [0.1, 0.15) is 59.5 Å². The lowest BCUT2D eigenvalue weighted by Crippen LogP contribution is -2.49. The Bertz CT molecular complexity index is 2140. The third kappa shape index (κ3) is 6.52. The number of amides is 1. The van der Waals surface area contributed by atoms with Gasteiger partial charge in [-0.2, -0.15) is 13.2 Å². The molecule has 0 unspecified atom stereocenters. The van der Waals surface area contributed by atoms with Crippen LogP contribution < -0.4 is 10.6 Å². The number of nitrogens with zero attached hydrogens (tertiary/aromatic N) is 3. The number of pyridine rings is 1. The van der Waals surface area contributed by atoms with Crippen LogP contribution in [0.4, 0.5) is 27.6 Å². The van der Waals surface area contributed by atoms with E-state index in [1.54, 1.807) is 14.0 Å². The lowest BCUT2D eigenvalue weighted by molar-refractivity contribution is -0.137. The van der Waals surface area contributed by atoms with E-state index in [1.807, 2.05) is 0 Å². The standard InChI is InChI=1S/C36H33ClF5N5O3/c1-20-44-33-28(46(20)2)18-23(36(40,41)42)30(31(33)37)22-8-7-15-47-26(22)10-11-27(47)34(50)21-16-24(38)32(25(39)17-21)45-29(49)9-6-14-43-35(19-48)12-4-3-5-13-35/h6-11,15-18,43,48H,3-5,12-14,19H2,1-2H3,(H,45,49)/b9-6+. The molecule has 0 bridgehead atoms. The zero-order valence-electron chi connectivity index (χ0n) is 27.1. The summed E-state index contributed by atoms with van der Waals surface area (Å²) in [7, 11) is 1.58. The van der Waals surface area contributed by atoms with E-state index in [-0.39, 0.29) is 57.1 Å². The van der Waals surface area contributed by atoms with Crippen LogP contribution in [-0.4, -0.2) is 49.4 Å². The van der Waals surface area contributed by atoms with Crippen LogP contribution in [0.2, 0.25) is 5.02 Å². The van der Waals surface area contributed by atoms with Gasteiger partial charge in [-0.05, 0) is 56.2 Å². The number of aliphatic hydroxyl groups excluding tert-OH is 1. The van der Waals surface area contributed by atoms with Crippen molar-refractivity contribution in [3.63, 3.8) is 0 Å². The number of alkyl halides is 3. The number of benzene rings is 2. The number of carbonyl (C=O) groups is 2. The molecular weight excluding hydrogens is 681 g/mol. The zero-order valence-corrected chi connectivity index (χ0v) is 27.9. The van der Waals surface area contributed by atoms with Gasteiger partial charge in [-0.3, -0.25) is 9.59 Å².